The number of nitriles is 1. The van der Waals surface area contributed by atoms with Crippen LogP contribution in [0.3, 0.4) is 0 Å². The number of nitrogens with zero attached hydrogens (tertiary/aromatic N) is 4. The third-order valence-electron chi connectivity index (χ3n) is 5.42. The first kappa shape index (κ1) is 22.4. The van der Waals surface area contributed by atoms with Crippen molar-refractivity contribution >= 4 is 29.8 Å². The van der Waals surface area contributed by atoms with Gasteiger partial charge in [0.2, 0.25) is 0 Å². The van der Waals surface area contributed by atoms with Crippen LogP contribution in [0.25, 0.3) is 5.52 Å². The molecule has 0 radical (unpaired) electrons. The summed E-state index contributed by atoms with van der Waals surface area (Å²) in [5.74, 6) is 0.0450. The van der Waals surface area contributed by atoms with Crippen molar-refractivity contribution in [1.29, 1.82) is 5.26 Å². The van der Waals surface area contributed by atoms with Gasteiger partial charge in [-0.25, -0.2) is 8.91 Å². The summed E-state index contributed by atoms with van der Waals surface area (Å²) in [7, 11) is -2.06. The van der Waals surface area contributed by atoms with Gasteiger partial charge in [0.1, 0.15) is 28.7 Å². The van der Waals surface area contributed by atoms with E-state index >= 15 is 0 Å². The summed E-state index contributed by atoms with van der Waals surface area (Å²) in [5.41, 5.74) is 1.50. The van der Waals surface area contributed by atoms with Crippen LogP contribution in [0.1, 0.15) is 38.1 Å². The van der Waals surface area contributed by atoms with E-state index in [-0.39, 0.29) is 11.6 Å². The predicted octanol–water partition coefficient (Wildman–Crippen LogP) is 5.64. The molecular formula is C21H24BrFN4O2Si. The molecule has 3 aromatic rings. The Morgan fingerprint density at radius 2 is 2.03 bits per heavy atom. The number of aromatic nitrogens is 3. The zero-order chi connectivity index (χ0) is 22.1. The zero-order valence-electron chi connectivity index (χ0n) is 17.6. The molecule has 0 aliphatic carbocycles. The molecule has 0 aromatic carbocycles. The predicted molar refractivity (Wildman–Crippen MR) is 118 cm³/mol. The first-order chi connectivity index (χ1) is 14.0. The third-order valence-corrected chi connectivity index (χ3v) is 10.3. The SMILES string of the molecule is CC(C)(C)[Si](C)(C)OCC(Oc1cc(Br)cn2ncc(C#N)c12)c1ccc(F)cn1. The van der Waals surface area contributed by atoms with E-state index in [0.29, 0.717) is 22.5 Å². The molecule has 0 saturated carbocycles. The van der Waals surface area contributed by atoms with Crippen LogP contribution in [0, 0.1) is 17.1 Å². The van der Waals surface area contributed by atoms with Crippen LogP contribution < -0.4 is 4.74 Å². The van der Waals surface area contributed by atoms with Crippen LogP contribution >= 0.6 is 15.9 Å². The van der Waals surface area contributed by atoms with Crippen LogP contribution in [-0.4, -0.2) is 29.5 Å². The van der Waals surface area contributed by atoms with E-state index in [1.54, 1.807) is 22.8 Å². The van der Waals surface area contributed by atoms with Crippen molar-refractivity contribution in [3.8, 4) is 11.8 Å². The van der Waals surface area contributed by atoms with Crippen molar-refractivity contribution in [2.45, 2.75) is 45.0 Å². The Morgan fingerprint density at radius 3 is 2.63 bits per heavy atom. The van der Waals surface area contributed by atoms with E-state index in [4.69, 9.17) is 9.16 Å². The Hall–Kier alpha value is -2.28. The minimum Gasteiger partial charge on any atom is -0.479 e. The summed E-state index contributed by atoms with van der Waals surface area (Å²) in [6.45, 7) is 11.1. The van der Waals surface area contributed by atoms with E-state index in [0.717, 1.165) is 10.7 Å². The number of hydrogen-bond donors (Lipinski definition) is 0. The fourth-order valence-electron chi connectivity index (χ4n) is 2.64. The van der Waals surface area contributed by atoms with Crippen LogP contribution in [0.5, 0.6) is 5.75 Å². The number of pyridine rings is 2. The molecule has 0 bridgehead atoms. The van der Waals surface area contributed by atoms with Crippen molar-refractivity contribution in [3.63, 3.8) is 0 Å². The Balaban J connectivity index is 1.99. The van der Waals surface area contributed by atoms with E-state index < -0.39 is 20.2 Å². The number of rotatable bonds is 6. The van der Waals surface area contributed by atoms with E-state index in [1.807, 2.05) is 0 Å². The molecule has 3 heterocycles. The smallest absolute Gasteiger partial charge is 0.192 e. The van der Waals surface area contributed by atoms with Crippen molar-refractivity contribution in [1.82, 2.24) is 14.6 Å². The summed E-state index contributed by atoms with van der Waals surface area (Å²) in [4.78, 5) is 4.21. The standard InChI is InChI=1S/C21H24BrFN4O2Si/c1-21(2,3)30(4,5)28-13-19(17-7-6-16(23)11-25-17)29-18-8-15(22)12-27-20(18)14(9-24)10-26-27/h6-8,10-12,19H,13H2,1-5H3. The minimum atomic E-state index is -2.06. The number of ether oxygens (including phenoxy) is 1. The summed E-state index contributed by atoms with van der Waals surface area (Å²) in [6.07, 6.45) is 3.82. The molecule has 0 N–H and O–H groups in total. The second kappa shape index (κ2) is 8.45. The van der Waals surface area contributed by atoms with Gasteiger partial charge in [0.25, 0.3) is 0 Å². The lowest BCUT2D eigenvalue weighted by atomic mass is 10.2. The fourth-order valence-corrected chi connectivity index (χ4v) is 4.04. The van der Waals surface area contributed by atoms with Gasteiger partial charge in [-0.1, -0.05) is 20.8 Å². The summed E-state index contributed by atoms with van der Waals surface area (Å²) in [6, 6.07) is 6.85. The number of halogens is 2. The lowest BCUT2D eigenvalue weighted by Gasteiger charge is -2.37. The first-order valence-corrected chi connectivity index (χ1v) is 13.2. The highest BCUT2D eigenvalue weighted by Crippen LogP contribution is 2.38. The molecule has 0 saturated heterocycles. The van der Waals surface area contributed by atoms with Crippen LogP contribution in [-0.2, 0) is 4.43 Å². The number of fused-ring (bicyclic) bond motifs is 1. The van der Waals surface area contributed by atoms with E-state index in [9.17, 15) is 9.65 Å². The summed E-state index contributed by atoms with van der Waals surface area (Å²) < 4.78 is 28.5. The molecule has 158 valence electrons. The molecule has 6 nitrogen and oxygen atoms in total. The molecule has 1 unspecified atom stereocenters. The Bertz CT molecular complexity index is 1090. The van der Waals surface area contributed by atoms with Gasteiger partial charge in [-0.15, -0.1) is 0 Å². The van der Waals surface area contributed by atoms with Gasteiger partial charge in [0.05, 0.1) is 24.7 Å². The lowest BCUT2D eigenvalue weighted by molar-refractivity contribution is 0.118. The minimum absolute atomic E-state index is 0.0241. The average molecular weight is 491 g/mol. The molecule has 0 aliphatic heterocycles. The van der Waals surface area contributed by atoms with Gasteiger partial charge in [-0.2, -0.15) is 10.4 Å². The normalized spacial score (nSPS) is 13.3. The second-order valence-corrected chi connectivity index (χ2v) is 14.3. The van der Waals surface area contributed by atoms with Gasteiger partial charge in [-0.05, 0) is 52.3 Å². The van der Waals surface area contributed by atoms with Crippen LogP contribution in [0.4, 0.5) is 4.39 Å². The van der Waals surface area contributed by atoms with Gasteiger partial charge in [0, 0.05) is 10.7 Å². The maximum atomic E-state index is 13.4. The molecule has 1 atom stereocenters. The Kier molecular flexibility index (Phi) is 6.31. The van der Waals surface area contributed by atoms with Gasteiger partial charge in [0.15, 0.2) is 14.4 Å². The quantitative estimate of drug-likeness (QED) is 0.417. The van der Waals surface area contributed by atoms with Gasteiger partial charge < -0.3 is 9.16 Å². The molecule has 0 aliphatic rings. The topological polar surface area (TPSA) is 72.4 Å². The average Bonchev–Trinajstić information content (AvgIpc) is 3.07. The lowest BCUT2D eigenvalue weighted by Crippen LogP contribution is -2.42. The molecule has 30 heavy (non-hydrogen) atoms. The van der Waals surface area contributed by atoms with Gasteiger partial charge in [-0.3, -0.25) is 4.98 Å². The molecule has 0 amide bonds. The largest absolute Gasteiger partial charge is 0.479 e. The Morgan fingerprint density at radius 1 is 1.30 bits per heavy atom. The summed E-state index contributed by atoms with van der Waals surface area (Å²) in [5, 5.41) is 13.7. The molecule has 3 rings (SSSR count). The second-order valence-electron chi connectivity index (χ2n) is 8.56. The molecule has 0 spiro atoms. The van der Waals surface area contributed by atoms with Crippen LogP contribution in [0.15, 0.2) is 41.3 Å². The highest BCUT2D eigenvalue weighted by Gasteiger charge is 2.38. The van der Waals surface area contributed by atoms with E-state index in [2.05, 4.69) is 65.9 Å². The maximum Gasteiger partial charge on any atom is 0.192 e. The molecule has 0 fully saturated rings. The highest BCUT2D eigenvalue weighted by atomic mass is 79.9. The van der Waals surface area contributed by atoms with E-state index in [1.165, 1.54) is 12.3 Å². The third kappa shape index (κ3) is 4.72. The molecular weight excluding hydrogens is 467 g/mol. The van der Waals surface area contributed by atoms with Crippen molar-refractivity contribution in [2.75, 3.05) is 6.61 Å². The number of hydrogen-bond acceptors (Lipinski definition) is 5. The van der Waals surface area contributed by atoms with Crippen molar-refractivity contribution in [3.05, 3.63) is 58.3 Å². The van der Waals surface area contributed by atoms with Gasteiger partial charge >= 0.3 is 0 Å². The zero-order valence-corrected chi connectivity index (χ0v) is 20.2. The van der Waals surface area contributed by atoms with Crippen molar-refractivity contribution < 1.29 is 13.6 Å². The highest BCUT2D eigenvalue weighted by molar-refractivity contribution is 9.10. The Labute approximate surface area is 184 Å². The van der Waals surface area contributed by atoms with Crippen molar-refractivity contribution in [2.24, 2.45) is 0 Å². The summed E-state index contributed by atoms with van der Waals surface area (Å²) >= 11 is 3.45. The molecule has 3 aromatic heterocycles. The first-order valence-electron chi connectivity index (χ1n) is 9.51. The molecule has 9 heteroatoms. The maximum absolute atomic E-state index is 13.4. The monoisotopic (exact) mass is 490 g/mol. The fraction of sp³-hybridized carbons (Fsp3) is 0.381. The van der Waals surface area contributed by atoms with Crippen LogP contribution in [0.2, 0.25) is 18.1 Å².